The van der Waals surface area contributed by atoms with Gasteiger partial charge in [-0.2, -0.15) is 0 Å². The topological polar surface area (TPSA) is 41.5 Å². The van der Waals surface area contributed by atoms with E-state index in [1.165, 1.54) is 114 Å². The van der Waals surface area contributed by atoms with E-state index in [4.69, 9.17) is 5.11 Å². The van der Waals surface area contributed by atoms with Crippen LogP contribution in [0, 0.1) is 6.92 Å². The normalized spacial score (nSPS) is 19.7. The first-order valence-electron chi connectivity index (χ1n) is 13.3. The van der Waals surface area contributed by atoms with Crippen LogP contribution in [-0.2, 0) is 6.54 Å². The highest BCUT2D eigenvalue weighted by Crippen LogP contribution is 2.14. The minimum atomic E-state index is 1.00. The molecule has 3 aliphatic rings. The van der Waals surface area contributed by atoms with E-state index in [2.05, 4.69) is 64.5 Å². The zero-order chi connectivity index (χ0) is 23.9. The van der Waals surface area contributed by atoms with Gasteiger partial charge in [0.05, 0.1) is 39.8 Å². The van der Waals surface area contributed by atoms with Crippen LogP contribution >= 0.6 is 0 Å². The summed E-state index contributed by atoms with van der Waals surface area (Å²) < 4.78 is 5.00. The number of amidine groups is 2. The van der Waals surface area contributed by atoms with Gasteiger partial charge in [0.25, 0.3) is 0 Å². The summed E-state index contributed by atoms with van der Waals surface area (Å²) in [4.78, 5) is 2.61. The maximum Gasteiger partial charge on any atom is 0.246 e. The van der Waals surface area contributed by atoms with Gasteiger partial charge >= 0.3 is 0 Å². The largest absolute Gasteiger partial charge is 0.400 e. The van der Waals surface area contributed by atoms with Crippen molar-refractivity contribution >= 4 is 11.7 Å². The van der Waals surface area contributed by atoms with Crippen molar-refractivity contribution in [2.45, 2.75) is 84.6 Å². The van der Waals surface area contributed by atoms with Gasteiger partial charge in [-0.1, -0.05) is 43.2 Å². The van der Waals surface area contributed by atoms with Crippen molar-refractivity contribution < 1.29 is 14.3 Å². The minimum absolute atomic E-state index is 1.00. The first kappa shape index (κ1) is 27.4. The summed E-state index contributed by atoms with van der Waals surface area (Å²) in [6, 6.07) is 8.93. The number of rotatable bonds is 5. The standard InChI is InChI=1S/C18H29N2.C9H16N2.CH4O/c1-4-5-13-20-14-7-6-8-18(20)19(3)15-17-11-9-16(2)10-12-17;1-3-7-11-8-4-2-6-10-9(11)5-1;1-2/h9-12H,4-8,13-15H2,1-3H3;1-8H2;2H,1H3/q+1;;/p+1. The van der Waals surface area contributed by atoms with Crippen LogP contribution in [0.2, 0.25) is 0 Å². The molecule has 3 aliphatic heterocycles. The summed E-state index contributed by atoms with van der Waals surface area (Å²) in [5, 5.41) is 10.5. The number of hydrogen-bond donors (Lipinski definition) is 2. The Balaban J connectivity index is 0.000000249. The number of unbranched alkanes of at least 4 members (excludes halogenated alkanes) is 1. The molecule has 1 saturated heterocycles. The van der Waals surface area contributed by atoms with Crippen molar-refractivity contribution in [1.82, 2.24) is 10.2 Å². The molecular weight excluding hydrogens is 408 g/mol. The lowest BCUT2D eigenvalue weighted by molar-refractivity contribution is -0.534. The summed E-state index contributed by atoms with van der Waals surface area (Å²) in [7, 11) is 3.25. The van der Waals surface area contributed by atoms with Crippen molar-refractivity contribution in [3.63, 3.8) is 0 Å². The molecule has 1 fully saturated rings. The number of aliphatic hydroxyl groups excluding tert-OH is 1. The molecule has 1 aromatic carbocycles. The van der Waals surface area contributed by atoms with E-state index in [0.717, 1.165) is 13.7 Å². The molecule has 0 radical (unpaired) electrons. The molecule has 4 rings (SSSR count). The maximum atomic E-state index is 7.00. The fourth-order valence-corrected chi connectivity index (χ4v) is 4.95. The van der Waals surface area contributed by atoms with Crippen molar-refractivity contribution in [3.05, 3.63) is 35.4 Å². The Bertz CT molecular complexity index is 721. The minimum Gasteiger partial charge on any atom is -0.400 e. The third-order valence-electron chi connectivity index (χ3n) is 6.86. The van der Waals surface area contributed by atoms with Crippen LogP contribution in [0.15, 0.2) is 24.3 Å². The van der Waals surface area contributed by atoms with E-state index in [-0.39, 0.29) is 0 Å². The van der Waals surface area contributed by atoms with Crippen molar-refractivity contribution in [1.29, 1.82) is 0 Å². The smallest absolute Gasteiger partial charge is 0.246 e. The number of nitrogens with zero attached hydrogens (tertiary/aromatic N) is 3. The Labute approximate surface area is 203 Å². The number of benzene rings is 1. The van der Waals surface area contributed by atoms with Gasteiger partial charge in [0.15, 0.2) is 0 Å². The molecule has 0 atom stereocenters. The highest BCUT2D eigenvalue weighted by molar-refractivity contribution is 5.78. The van der Waals surface area contributed by atoms with E-state index >= 15 is 0 Å². The summed E-state index contributed by atoms with van der Waals surface area (Å²) in [5.74, 6) is 3.07. The fourth-order valence-electron chi connectivity index (χ4n) is 4.95. The van der Waals surface area contributed by atoms with Crippen molar-refractivity contribution in [2.24, 2.45) is 0 Å². The molecule has 0 aliphatic carbocycles. The van der Waals surface area contributed by atoms with Crippen molar-refractivity contribution in [3.8, 4) is 0 Å². The predicted molar refractivity (Wildman–Crippen MR) is 141 cm³/mol. The first-order chi connectivity index (χ1) is 16.2. The van der Waals surface area contributed by atoms with E-state index < -0.39 is 0 Å². The predicted octanol–water partition coefficient (Wildman–Crippen LogP) is 4.40. The summed E-state index contributed by atoms with van der Waals surface area (Å²) in [6.45, 7) is 11.7. The molecule has 0 saturated carbocycles. The molecule has 1 aromatic rings. The molecule has 5 nitrogen and oxygen atoms in total. The van der Waals surface area contributed by atoms with Gasteiger partial charge in [-0.15, -0.1) is 0 Å². The third kappa shape index (κ3) is 9.48. The highest BCUT2D eigenvalue weighted by Gasteiger charge is 2.24. The lowest BCUT2D eigenvalue weighted by Crippen LogP contribution is -2.41. The monoisotopic (exact) mass is 458 g/mol. The molecule has 0 amide bonds. The number of hydrogen-bond acceptors (Lipinski definition) is 2. The maximum absolute atomic E-state index is 7.00. The van der Waals surface area contributed by atoms with Gasteiger partial charge in [-0.25, -0.2) is 0 Å². The number of nitrogens with one attached hydrogen (secondary N) is 1. The Hall–Kier alpha value is -1.88. The molecule has 0 spiro atoms. The van der Waals surface area contributed by atoms with Crippen LogP contribution in [0.5, 0.6) is 0 Å². The average molecular weight is 459 g/mol. The molecule has 0 aromatic heterocycles. The van der Waals surface area contributed by atoms with Crippen LogP contribution < -0.4 is 5.32 Å². The Morgan fingerprint density at radius 2 is 1.67 bits per heavy atom. The van der Waals surface area contributed by atoms with Crippen LogP contribution in [0.1, 0.15) is 82.3 Å². The average Bonchev–Trinajstić information content (AvgIpc) is 3.12. The molecule has 3 heterocycles. The van der Waals surface area contributed by atoms with E-state index in [1.54, 1.807) is 5.84 Å². The lowest BCUT2D eigenvalue weighted by atomic mass is 10.1. The molecule has 2 N–H and O–H groups in total. The number of aryl methyl sites for hydroxylation is 1. The fraction of sp³-hybridized carbons (Fsp3) is 0.714. The zero-order valence-electron chi connectivity index (χ0n) is 21.9. The van der Waals surface area contributed by atoms with Crippen LogP contribution in [0.25, 0.3) is 0 Å². The van der Waals surface area contributed by atoms with Gasteiger partial charge in [0.1, 0.15) is 6.54 Å². The number of aliphatic hydroxyl groups is 1. The second-order valence-corrected chi connectivity index (χ2v) is 9.58. The molecule has 0 bridgehead atoms. The number of likely N-dealkylation sites (tertiary alicyclic amines) is 1. The van der Waals surface area contributed by atoms with E-state index in [9.17, 15) is 0 Å². The highest BCUT2D eigenvalue weighted by atomic mass is 16.2. The quantitative estimate of drug-likeness (QED) is 0.643. The Morgan fingerprint density at radius 1 is 0.970 bits per heavy atom. The second kappa shape index (κ2) is 15.9. The van der Waals surface area contributed by atoms with Crippen LogP contribution in [0.4, 0.5) is 0 Å². The zero-order valence-corrected chi connectivity index (χ0v) is 21.9. The summed E-state index contributed by atoms with van der Waals surface area (Å²) in [6.07, 6.45) is 13.3. The van der Waals surface area contributed by atoms with E-state index in [0.29, 0.717) is 0 Å². The van der Waals surface area contributed by atoms with Gasteiger partial charge < -0.3 is 5.11 Å². The summed E-state index contributed by atoms with van der Waals surface area (Å²) in [5.41, 5.74) is 2.75. The summed E-state index contributed by atoms with van der Waals surface area (Å²) >= 11 is 0. The van der Waals surface area contributed by atoms with E-state index in [1.807, 2.05) is 0 Å². The van der Waals surface area contributed by atoms with Gasteiger partial charge in [-0.05, 0) is 57.4 Å². The second-order valence-electron chi connectivity index (χ2n) is 9.58. The Kier molecular flexibility index (Phi) is 13.2. The SMILES string of the molecule is C1CC[N+]2=C(CCCC2)NC1.CCCCN1CCCCC1=[N+](C)Cc1ccc(C)cc1.CO. The van der Waals surface area contributed by atoms with Gasteiger partial charge in [-0.3, -0.25) is 19.4 Å². The molecule has 33 heavy (non-hydrogen) atoms. The molecule has 5 heteroatoms. The first-order valence-corrected chi connectivity index (χ1v) is 13.3. The molecule has 0 unspecified atom stereocenters. The molecule has 186 valence electrons. The van der Waals surface area contributed by atoms with Gasteiger partial charge in [0.2, 0.25) is 11.7 Å². The van der Waals surface area contributed by atoms with Crippen LogP contribution in [0.3, 0.4) is 0 Å². The Morgan fingerprint density at radius 3 is 2.39 bits per heavy atom. The van der Waals surface area contributed by atoms with Crippen molar-refractivity contribution in [2.75, 3.05) is 46.9 Å². The van der Waals surface area contributed by atoms with Crippen LogP contribution in [-0.4, -0.2) is 77.7 Å². The lowest BCUT2D eigenvalue weighted by Gasteiger charge is -2.25. The molecular formula is C28H50N4O+2. The third-order valence-corrected chi connectivity index (χ3v) is 6.86. The number of piperidine rings is 1. The van der Waals surface area contributed by atoms with Gasteiger partial charge in [0, 0.05) is 20.0 Å².